The maximum absolute atomic E-state index is 12.4. The molecule has 1 N–H and O–H groups in total. The number of carbonyl (C=O) groups is 1. The fourth-order valence-electron chi connectivity index (χ4n) is 2.42. The molecule has 7 heteroatoms. The van der Waals surface area contributed by atoms with Crippen LogP contribution in [0.2, 0.25) is 0 Å². The number of hydrogen-bond donors (Lipinski definition) is 1. The smallest absolute Gasteiger partial charge is 0.240 e. The van der Waals surface area contributed by atoms with Crippen LogP contribution in [0.1, 0.15) is 21.7 Å². The summed E-state index contributed by atoms with van der Waals surface area (Å²) in [6.45, 7) is 1.71. The lowest BCUT2D eigenvalue weighted by molar-refractivity contribution is -0.257. The number of nitrogens with one attached hydrogen (secondary N) is 1. The average molecular weight is 344 g/mol. The second kappa shape index (κ2) is 6.10. The molecule has 0 saturated carbocycles. The van der Waals surface area contributed by atoms with E-state index < -0.39 is 16.0 Å². The van der Waals surface area contributed by atoms with E-state index in [0.717, 1.165) is 5.56 Å². The molecule has 2 aromatic carbocycles. The van der Waals surface area contributed by atoms with Gasteiger partial charge in [-0.2, -0.15) is 0 Å². The molecule has 1 heterocycles. The topological polar surface area (TPSA) is 99.4 Å². The van der Waals surface area contributed by atoms with Crippen LogP contribution >= 0.6 is 0 Å². The molecule has 0 spiro atoms. The lowest BCUT2D eigenvalue weighted by Crippen LogP contribution is -2.23. The van der Waals surface area contributed by atoms with Crippen LogP contribution in [0.3, 0.4) is 0 Å². The third-order valence-electron chi connectivity index (χ3n) is 3.71. The fourth-order valence-corrected chi connectivity index (χ4v) is 3.46. The Labute approximate surface area is 138 Å². The first-order valence-corrected chi connectivity index (χ1v) is 8.65. The summed E-state index contributed by atoms with van der Waals surface area (Å²) in [7, 11) is -3.73. The van der Waals surface area contributed by atoms with Gasteiger partial charge in [0.2, 0.25) is 10.0 Å². The summed E-state index contributed by atoms with van der Waals surface area (Å²) in [5.41, 5.74) is 1.47. The number of carbonyl (C=O) groups excluding carboxylic acids is 1. The first kappa shape index (κ1) is 16.2. The molecule has 0 aliphatic carbocycles. The summed E-state index contributed by atoms with van der Waals surface area (Å²) in [4.78, 5) is 11.0. The van der Waals surface area contributed by atoms with Crippen LogP contribution in [-0.2, 0) is 16.6 Å². The van der Waals surface area contributed by atoms with E-state index in [4.69, 9.17) is 4.42 Å². The Morgan fingerprint density at radius 2 is 1.88 bits per heavy atom. The van der Waals surface area contributed by atoms with Crippen molar-refractivity contribution in [2.24, 2.45) is 0 Å². The monoisotopic (exact) mass is 344 g/mol. The predicted molar refractivity (Wildman–Crippen MR) is 85.7 cm³/mol. The van der Waals surface area contributed by atoms with E-state index in [1.807, 2.05) is 30.3 Å². The first-order valence-electron chi connectivity index (χ1n) is 7.16. The second-order valence-corrected chi connectivity index (χ2v) is 7.08. The Morgan fingerprint density at radius 1 is 1.17 bits per heavy atom. The minimum atomic E-state index is -3.73. The van der Waals surface area contributed by atoms with E-state index in [9.17, 15) is 18.3 Å². The van der Waals surface area contributed by atoms with E-state index in [1.165, 1.54) is 18.2 Å². The molecule has 24 heavy (non-hydrogen) atoms. The second-order valence-electron chi connectivity index (χ2n) is 5.31. The van der Waals surface area contributed by atoms with Crippen LogP contribution in [-0.4, -0.2) is 14.4 Å². The van der Waals surface area contributed by atoms with Crippen LogP contribution < -0.4 is 9.83 Å². The highest BCUT2D eigenvalue weighted by Crippen LogP contribution is 2.27. The van der Waals surface area contributed by atoms with Gasteiger partial charge in [0.15, 0.2) is 5.76 Å². The normalized spacial score (nSPS) is 11.7. The van der Waals surface area contributed by atoms with Crippen molar-refractivity contribution in [2.75, 3.05) is 0 Å². The van der Waals surface area contributed by atoms with E-state index in [1.54, 1.807) is 6.92 Å². The van der Waals surface area contributed by atoms with Gasteiger partial charge >= 0.3 is 0 Å². The number of benzene rings is 2. The highest BCUT2D eigenvalue weighted by atomic mass is 32.2. The van der Waals surface area contributed by atoms with E-state index in [0.29, 0.717) is 16.5 Å². The minimum Gasteiger partial charge on any atom is -0.542 e. The first-order chi connectivity index (χ1) is 11.4. The summed E-state index contributed by atoms with van der Waals surface area (Å²) < 4.78 is 32.6. The molecule has 0 fully saturated rings. The quantitative estimate of drug-likeness (QED) is 0.757. The fraction of sp³-hybridized carbons (Fsp3) is 0.118. The zero-order valence-electron chi connectivity index (χ0n) is 12.8. The summed E-state index contributed by atoms with van der Waals surface area (Å²) in [5, 5.41) is 11.4. The van der Waals surface area contributed by atoms with E-state index in [-0.39, 0.29) is 17.2 Å². The van der Waals surface area contributed by atoms with Crippen LogP contribution in [0, 0.1) is 6.92 Å². The van der Waals surface area contributed by atoms with Gasteiger partial charge in [-0.05, 0) is 30.7 Å². The number of aryl methyl sites for hydroxylation is 1. The predicted octanol–water partition coefficient (Wildman–Crippen LogP) is 1.58. The SMILES string of the molecule is Cc1c(C(=O)[O-])oc2ccc(S(=O)(=O)NCc3ccccc3)cc12. The summed E-state index contributed by atoms with van der Waals surface area (Å²) in [5.74, 6) is -1.73. The maximum Gasteiger partial charge on any atom is 0.240 e. The van der Waals surface area contributed by atoms with E-state index in [2.05, 4.69) is 4.72 Å². The van der Waals surface area contributed by atoms with Crippen molar-refractivity contribution in [1.82, 2.24) is 4.72 Å². The number of hydrogen-bond acceptors (Lipinski definition) is 5. The van der Waals surface area contributed by atoms with E-state index >= 15 is 0 Å². The summed E-state index contributed by atoms with van der Waals surface area (Å²) in [6, 6.07) is 13.3. The van der Waals surface area contributed by atoms with Crippen LogP contribution in [0.4, 0.5) is 0 Å². The number of rotatable bonds is 5. The third kappa shape index (κ3) is 3.04. The van der Waals surface area contributed by atoms with Crippen molar-refractivity contribution in [3.8, 4) is 0 Å². The average Bonchev–Trinajstić information content (AvgIpc) is 2.91. The number of furan rings is 1. The molecule has 0 unspecified atom stereocenters. The molecule has 1 aromatic heterocycles. The molecule has 3 aromatic rings. The van der Waals surface area contributed by atoms with Gasteiger partial charge in [0.25, 0.3) is 0 Å². The molecular weight excluding hydrogens is 330 g/mol. The zero-order chi connectivity index (χ0) is 17.3. The molecule has 3 rings (SSSR count). The molecule has 0 bridgehead atoms. The molecule has 0 aliphatic heterocycles. The Kier molecular flexibility index (Phi) is 4.13. The minimum absolute atomic E-state index is 0.0414. The van der Waals surface area contributed by atoms with Gasteiger partial charge < -0.3 is 14.3 Å². The van der Waals surface area contributed by atoms with Crippen LogP contribution in [0.15, 0.2) is 57.8 Å². The standard InChI is InChI=1S/C17H15NO5S/c1-11-14-9-13(7-8-15(14)23-16(11)17(19)20)24(21,22)18-10-12-5-3-2-4-6-12/h2-9,18H,10H2,1H3,(H,19,20)/p-1. The number of fused-ring (bicyclic) bond motifs is 1. The molecule has 124 valence electrons. The van der Waals surface area contributed by atoms with Gasteiger partial charge in [-0.25, -0.2) is 13.1 Å². The van der Waals surface area contributed by atoms with Gasteiger partial charge in [-0.3, -0.25) is 0 Å². The molecule has 0 amide bonds. The lowest BCUT2D eigenvalue weighted by atomic mass is 10.1. The van der Waals surface area contributed by atoms with Crippen LogP contribution in [0.5, 0.6) is 0 Å². The van der Waals surface area contributed by atoms with Crippen molar-refractivity contribution in [2.45, 2.75) is 18.4 Å². The highest BCUT2D eigenvalue weighted by molar-refractivity contribution is 7.89. The number of aromatic carboxylic acids is 1. The molecule has 0 aliphatic rings. The summed E-state index contributed by atoms with van der Waals surface area (Å²) >= 11 is 0. The van der Waals surface area contributed by atoms with Gasteiger partial charge in [0.05, 0.1) is 4.90 Å². The van der Waals surface area contributed by atoms with Crippen molar-refractivity contribution in [3.63, 3.8) is 0 Å². The van der Waals surface area contributed by atoms with Crippen LogP contribution in [0.25, 0.3) is 11.0 Å². The summed E-state index contributed by atoms with van der Waals surface area (Å²) in [6.07, 6.45) is 0. The maximum atomic E-state index is 12.4. The number of sulfonamides is 1. The Bertz CT molecular complexity index is 1010. The molecular formula is C17H14NO5S-. The van der Waals surface area contributed by atoms with Gasteiger partial charge in [-0.15, -0.1) is 0 Å². The van der Waals surface area contributed by atoms with Crippen molar-refractivity contribution in [3.05, 3.63) is 65.4 Å². The molecule has 0 atom stereocenters. The molecule has 0 radical (unpaired) electrons. The van der Waals surface area contributed by atoms with Gasteiger partial charge in [-0.1, -0.05) is 30.3 Å². The van der Waals surface area contributed by atoms with Crippen molar-refractivity contribution < 1.29 is 22.7 Å². The lowest BCUT2D eigenvalue weighted by Gasteiger charge is -2.07. The Balaban J connectivity index is 1.93. The largest absolute Gasteiger partial charge is 0.542 e. The molecule has 0 saturated heterocycles. The Hall–Kier alpha value is -2.64. The third-order valence-corrected chi connectivity index (χ3v) is 5.11. The Morgan fingerprint density at radius 3 is 2.54 bits per heavy atom. The highest BCUT2D eigenvalue weighted by Gasteiger charge is 2.18. The molecule has 6 nitrogen and oxygen atoms in total. The van der Waals surface area contributed by atoms with Crippen molar-refractivity contribution >= 4 is 27.0 Å². The van der Waals surface area contributed by atoms with Gasteiger partial charge in [0, 0.05) is 17.5 Å². The van der Waals surface area contributed by atoms with Gasteiger partial charge in [0.1, 0.15) is 11.6 Å². The number of carboxylic acid groups (broad SMARTS) is 1. The number of carboxylic acids is 1. The zero-order valence-corrected chi connectivity index (χ0v) is 13.6. The van der Waals surface area contributed by atoms with Crippen molar-refractivity contribution in [1.29, 1.82) is 0 Å².